The van der Waals surface area contributed by atoms with E-state index in [-0.39, 0.29) is 30.5 Å². The third kappa shape index (κ3) is 4.47. The average Bonchev–Trinajstić information content (AvgIpc) is 3.48. The molecule has 170 valence electrons. The standard InChI is InChI=1S/C25H25N3O5/c1-31-17-8-9-19-16(15-33-22(19)12-17)11-24(29)28(13-18-5-4-10-32-18)14-23-26-21-7-3-2-6-20(21)25(30)27-23/h2-3,6-9,12,15,18H,4-5,10-11,13-14H2,1H3,(H,26,27,30). The minimum Gasteiger partial charge on any atom is -0.497 e. The summed E-state index contributed by atoms with van der Waals surface area (Å²) in [5, 5.41) is 1.40. The number of furan rings is 1. The number of rotatable bonds is 7. The van der Waals surface area contributed by atoms with Gasteiger partial charge in [-0.05, 0) is 37.1 Å². The summed E-state index contributed by atoms with van der Waals surface area (Å²) in [6, 6.07) is 12.7. The van der Waals surface area contributed by atoms with Crippen molar-refractivity contribution in [2.75, 3.05) is 20.3 Å². The zero-order valence-electron chi connectivity index (χ0n) is 18.4. The van der Waals surface area contributed by atoms with Crippen LogP contribution in [-0.2, 0) is 22.5 Å². The van der Waals surface area contributed by atoms with Crippen molar-refractivity contribution in [3.05, 3.63) is 70.5 Å². The number of nitrogens with zero attached hydrogens (tertiary/aromatic N) is 2. The molecule has 2 aromatic heterocycles. The van der Waals surface area contributed by atoms with Crippen molar-refractivity contribution in [2.24, 2.45) is 0 Å². The molecule has 5 rings (SSSR count). The topological polar surface area (TPSA) is 97.7 Å². The van der Waals surface area contributed by atoms with Crippen molar-refractivity contribution >= 4 is 27.8 Å². The Kier molecular flexibility index (Phi) is 5.83. The third-order valence-corrected chi connectivity index (χ3v) is 6.01. The molecule has 33 heavy (non-hydrogen) atoms. The van der Waals surface area contributed by atoms with Crippen LogP contribution in [-0.4, -0.2) is 47.1 Å². The highest BCUT2D eigenvalue weighted by atomic mass is 16.5. The lowest BCUT2D eigenvalue weighted by Crippen LogP contribution is -2.38. The second-order valence-electron chi connectivity index (χ2n) is 8.24. The van der Waals surface area contributed by atoms with E-state index in [0.29, 0.717) is 41.2 Å². The monoisotopic (exact) mass is 447 g/mol. The van der Waals surface area contributed by atoms with Crippen LogP contribution >= 0.6 is 0 Å². The SMILES string of the molecule is COc1ccc2c(CC(=O)N(Cc3nc4ccccc4c(=O)[nH]3)CC3CCCO3)coc2c1. The van der Waals surface area contributed by atoms with E-state index >= 15 is 0 Å². The van der Waals surface area contributed by atoms with Crippen LogP contribution in [0.4, 0.5) is 0 Å². The predicted octanol–water partition coefficient (Wildman–Crippen LogP) is 3.43. The van der Waals surface area contributed by atoms with Gasteiger partial charge in [-0.1, -0.05) is 12.1 Å². The fourth-order valence-electron chi connectivity index (χ4n) is 4.28. The van der Waals surface area contributed by atoms with E-state index in [9.17, 15) is 9.59 Å². The van der Waals surface area contributed by atoms with Crippen LogP contribution in [0.25, 0.3) is 21.9 Å². The molecule has 4 aromatic rings. The molecule has 1 aliphatic heterocycles. The van der Waals surface area contributed by atoms with Gasteiger partial charge in [0, 0.05) is 30.2 Å². The molecule has 8 nitrogen and oxygen atoms in total. The molecule has 0 spiro atoms. The molecule has 1 unspecified atom stereocenters. The van der Waals surface area contributed by atoms with Gasteiger partial charge in [0.1, 0.15) is 17.2 Å². The lowest BCUT2D eigenvalue weighted by Gasteiger charge is -2.25. The summed E-state index contributed by atoms with van der Waals surface area (Å²) in [5.74, 6) is 1.06. The quantitative estimate of drug-likeness (QED) is 0.466. The van der Waals surface area contributed by atoms with Gasteiger partial charge < -0.3 is 23.8 Å². The summed E-state index contributed by atoms with van der Waals surface area (Å²) in [6.45, 7) is 1.34. The van der Waals surface area contributed by atoms with E-state index in [4.69, 9.17) is 13.9 Å². The summed E-state index contributed by atoms with van der Waals surface area (Å²) < 4.78 is 16.7. The first-order chi connectivity index (χ1) is 16.1. The number of methoxy groups -OCH3 is 1. The number of amides is 1. The maximum atomic E-state index is 13.4. The van der Waals surface area contributed by atoms with Gasteiger partial charge >= 0.3 is 0 Å². The number of nitrogens with one attached hydrogen (secondary N) is 1. The predicted molar refractivity (Wildman–Crippen MR) is 123 cm³/mol. The number of hydrogen-bond acceptors (Lipinski definition) is 6. The molecule has 1 saturated heterocycles. The zero-order chi connectivity index (χ0) is 22.8. The van der Waals surface area contributed by atoms with Gasteiger partial charge in [-0.15, -0.1) is 0 Å². The van der Waals surface area contributed by atoms with E-state index in [1.54, 1.807) is 42.5 Å². The number of carbonyl (C=O) groups excluding carboxylic acids is 1. The van der Waals surface area contributed by atoms with Crippen LogP contribution in [0, 0.1) is 0 Å². The molecule has 0 bridgehead atoms. The summed E-state index contributed by atoms with van der Waals surface area (Å²) in [5.41, 5.74) is 1.86. The smallest absolute Gasteiger partial charge is 0.258 e. The third-order valence-electron chi connectivity index (χ3n) is 6.01. The molecule has 1 aliphatic rings. The van der Waals surface area contributed by atoms with E-state index in [1.807, 2.05) is 18.2 Å². The van der Waals surface area contributed by atoms with Gasteiger partial charge in [-0.25, -0.2) is 4.98 Å². The summed E-state index contributed by atoms with van der Waals surface area (Å²) in [6.07, 6.45) is 3.64. The second-order valence-corrected chi connectivity index (χ2v) is 8.24. The first kappa shape index (κ1) is 21.2. The summed E-state index contributed by atoms with van der Waals surface area (Å²) in [7, 11) is 1.60. The largest absolute Gasteiger partial charge is 0.497 e. The van der Waals surface area contributed by atoms with Gasteiger partial charge in [-0.2, -0.15) is 0 Å². The number of aromatic amines is 1. The Labute approximate surface area is 190 Å². The van der Waals surface area contributed by atoms with Gasteiger partial charge in [0.25, 0.3) is 5.56 Å². The number of ether oxygens (including phenoxy) is 2. The van der Waals surface area contributed by atoms with E-state index in [2.05, 4.69) is 9.97 Å². The molecule has 1 atom stereocenters. The lowest BCUT2D eigenvalue weighted by molar-refractivity contribution is -0.132. The Bertz CT molecular complexity index is 1350. The normalized spacial score (nSPS) is 15.8. The van der Waals surface area contributed by atoms with Gasteiger partial charge in [-0.3, -0.25) is 9.59 Å². The highest BCUT2D eigenvalue weighted by Crippen LogP contribution is 2.26. The van der Waals surface area contributed by atoms with Crippen LogP contribution in [0.2, 0.25) is 0 Å². The molecular weight excluding hydrogens is 422 g/mol. The van der Waals surface area contributed by atoms with Gasteiger partial charge in [0.05, 0.1) is 43.3 Å². The van der Waals surface area contributed by atoms with E-state index in [1.165, 1.54) is 0 Å². The van der Waals surface area contributed by atoms with Crippen molar-refractivity contribution < 1.29 is 18.7 Å². The Morgan fingerprint density at radius 3 is 2.94 bits per heavy atom. The fraction of sp³-hybridized carbons (Fsp3) is 0.320. The number of H-pyrrole nitrogens is 1. The minimum absolute atomic E-state index is 0.0218. The van der Waals surface area contributed by atoms with Crippen molar-refractivity contribution in [3.63, 3.8) is 0 Å². The van der Waals surface area contributed by atoms with Gasteiger partial charge in [0.15, 0.2) is 0 Å². The molecular formula is C25H25N3O5. The molecule has 0 aliphatic carbocycles. The Morgan fingerprint density at radius 2 is 2.12 bits per heavy atom. The molecule has 0 saturated carbocycles. The Balaban J connectivity index is 1.41. The zero-order valence-corrected chi connectivity index (χ0v) is 18.4. The number of carbonyl (C=O) groups is 1. The Hall–Kier alpha value is -3.65. The second kappa shape index (κ2) is 9.07. The van der Waals surface area contributed by atoms with Crippen molar-refractivity contribution in [3.8, 4) is 5.75 Å². The summed E-state index contributed by atoms with van der Waals surface area (Å²) in [4.78, 5) is 35.0. The molecule has 0 radical (unpaired) electrons. The molecule has 1 fully saturated rings. The lowest BCUT2D eigenvalue weighted by atomic mass is 10.1. The first-order valence-electron chi connectivity index (χ1n) is 11.0. The van der Waals surface area contributed by atoms with Crippen molar-refractivity contribution in [1.29, 1.82) is 0 Å². The molecule has 2 aromatic carbocycles. The number of hydrogen-bond donors (Lipinski definition) is 1. The average molecular weight is 447 g/mol. The summed E-state index contributed by atoms with van der Waals surface area (Å²) >= 11 is 0. The fourth-order valence-corrected chi connectivity index (χ4v) is 4.28. The van der Waals surface area contributed by atoms with Crippen molar-refractivity contribution in [1.82, 2.24) is 14.9 Å². The number of para-hydroxylation sites is 1. The maximum Gasteiger partial charge on any atom is 0.258 e. The van der Waals surface area contributed by atoms with Gasteiger partial charge in [0.2, 0.25) is 5.91 Å². The molecule has 3 heterocycles. The minimum atomic E-state index is -0.213. The number of aromatic nitrogens is 2. The van der Waals surface area contributed by atoms with E-state index in [0.717, 1.165) is 23.8 Å². The van der Waals surface area contributed by atoms with Crippen LogP contribution in [0.15, 0.2) is 57.9 Å². The van der Waals surface area contributed by atoms with Crippen LogP contribution in [0.3, 0.4) is 0 Å². The number of fused-ring (bicyclic) bond motifs is 2. The van der Waals surface area contributed by atoms with E-state index < -0.39 is 0 Å². The maximum absolute atomic E-state index is 13.4. The molecule has 1 N–H and O–H groups in total. The van der Waals surface area contributed by atoms with Crippen LogP contribution < -0.4 is 10.3 Å². The highest BCUT2D eigenvalue weighted by molar-refractivity contribution is 5.88. The Morgan fingerprint density at radius 1 is 1.24 bits per heavy atom. The molecule has 8 heteroatoms. The highest BCUT2D eigenvalue weighted by Gasteiger charge is 2.24. The van der Waals surface area contributed by atoms with Crippen LogP contribution in [0.1, 0.15) is 24.2 Å². The van der Waals surface area contributed by atoms with Crippen LogP contribution in [0.5, 0.6) is 5.75 Å². The van der Waals surface area contributed by atoms with Crippen molar-refractivity contribution in [2.45, 2.75) is 31.9 Å². The number of benzene rings is 2. The first-order valence-corrected chi connectivity index (χ1v) is 11.0. The molecule has 1 amide bonds.